The van der Waals surface area contributed by atoms with E-state index in [0.717, 1.165) is 23.3 Å². The van der Waals surface area contributed by atoms with E-state index in [0.29, 0.717) is 5.41 Å². The van der Waals surface area contributed by atoms with Gasteiger partial charge in [-0.05, 0) is 36.3 Å². The molecule has 0 bridgehead atoms. The molecule has 5 heteroatoms. The van der Waals surface area contributed by atoms with Crippen molar-refractivity contribution in [1.82, 2.24) is 0 Å². The molecule has 1 aliphatic carbocycles. The molecule has 2 N–H and O–H groups in total. The Morgan fingerprint density at radius 2 is 1.27 bits per heavy atom. The van der Waals surface area contributed by atoms with Crippen LogP contribution in [0.1, 0.15) is 97.3 Å². The third kappa shape index (κ3) is 10.3. The molecule has 0 aromatic heterocycles. The summed E-state index contributed by atoms with van der Waals surface area (Å²) in [5.41, 5.74) is 0.610. The zero-order valence-corrected chi connectivity index (χ0v) is 17.6. The molecule has 0 aromatic carbocycles. The predicted molar refractivity (Wildman–Crippen MR) is 110 cm³/mol. The fraction of sp³-hybridized carbons (Fsp3) is 0.905. The maximum Gasteiger partial charge on any atom is 0.231 e. The van der Waals surface area contributed by atoms with E-state index in [-0.39, 0.29) is 0 Å². The van der Waals surface area contributed by atoms with E-state index in [1.807, 2.05) is 0 Å². The third-order valence-electron chi connectivity index (χ3n) is 6.14. The van der Waals surface area contributed by atoms with E-state index in [9.17, 15) is 0 Å². The van der Waals surface area contributed by atoms with E-state index in [2.05, 4.69) is 25.6 Å². The molecule has 3 unspecified atom stereocenters. The third-order valence-corrected chi connectivity index (χ3v) is 7.84. The average Bonchev–Trinajstić information content (AvgIpc) is 2.80. The molecule has 0 amide bonds. The van der Waals surface area contributed by atoms with Crippen LogP contribution in [0.15, 0.2) is 0 Å². The van der Waals surface area contributed by atoms with Gasteiger partial charge in [-0.3, -0.25) is 0 Å². The molecule has 2 rings (SSSR count). The van der Waals surface area contributed by atoms with Gasteiger partial charge in [-0.15, -0.1) is 0 Å². The van der Waals surface area contributed by atoms with Crippen molar-refractivity contribution in [3.8, 4) is 0 Å². The zero-order valence-electron chi connectivity index (χ0n) is 16.8. The van der Waals surface area contributed by atoms with Crippen LogP contribution in [0.25, 0.3) is 0 Å². The molecule has 150 valence electrons. The van der Waals surface area contributed by atoms with Crippen LogP contribution < -0.4 is 0 Å². The van der Waals surface area contributed by atoms with Gasteiger partial charge in [-0.1, -0.05) is 78.1 Å². The minimum absolute atomic E-state index is 0.610. The van der Waals surface area contributed by atoms with Crippen molar-refractivity contribution in [3.05, 3.63) is 0 Å². The normalized spacial score (nSPS) is 30.4. The van der Waals surface area contributed by atoms with Gasteiger partial charge in [0.1, 0.15) is 0 Å². The number of rotatable bonds is 1. The van der Waals surface area contributed by atoms with Gasteiger partial charge in [-0.2, -0.15) is 11.8 Å². The van der Waals surface area contributed by atoms with E-state index >= 15 is 0 Å². The van der Waals surface area contributed by atoms with Crippen LogP contribution >= 0.6 is 11.8 Å². The van der Waals surface area contributed by atoms with Crippen LogP contribution in [0.2, 0.25) is 0 Å². The summed E-state index contributed by atoms with van der Waals surface area (Å²) in [6, 6.07) is 0. The molecular formula is C21H38N2O2S. The minimum atomic E-state index is 0.610. The number of hydrogen-bond acceptors (Lipinski definition) is 5. The van der Waals surface area contributed by atoms with Crippen molar-refractivity contribution in [1.29, 1.82) is 10.8 Å². The number of isocyanates is 2. The van der Waals surface area contributed by atoms with E-state index in [1.54, 1.807) is 0 Å². The number of nitrogens with one attached hydrogen (secondary N) is 2. The fourth-order valence-corrected chi connectivity index (χ4v) is 6.05. The fourth-order valence-electron chi connectivity index (χ4n) is 4.33. The summed E-state index contributed by atoms with van der Waals surface area (Å²) in [7, 11) is 0. The lowest BCUT2D eigenvalue weighted by molar-refractivity contribution is 0.158. The van der Waals surface area contributed by atoms with Crippen molar-refractivity contribution >= 4 is 23.9 Å². The van der Waals surface area contributed by atoms with Crippen molar-refractivity contribution in [2.45, 2.75) is 103 Å². The Morgan fingerprint density at radius 1 is 0.808 bits per heavy atom. The maximum atomic E-state index is 8.35. The lowest BCUT2D eigenvalue weighted by atomic mass is 9.69. The van der Waals surface area contributed by atoms with Crippen LogP contribution in [0.4, 0.5) is 0 Å². The molecular weight excluding hydrogens is 344 g/mol. The second-order valence-electron chi connectivity index (χ2n) is 7.83. The van der Waals surface area contributed by atoms with Gasteiger partial charge in [0.25, 0.3) is 0 Å². The second-order valence-corrected chi connectivity index (χ2v) is 9.14. The Labute approximate surface area is 164 Å². The first-order valence-electron chi connectivity index (χ1n) is 10.3. The Morgan fingerprint density at radius 3 is 1.88 bits per heavy atom. The number of carbonyl (C=O) groups excluding carboxylic acids is 2. The highest BCUT2D eigenvalue weighted by Crippen LogP contribution is 2.47. The predicted octanol–water partition coefficient (Wildman–Crippen LogP) is 6.63. The van der Waals surface area contributed by atoms with Crippen LogP contribution in [0, 0.1) is 22.2 Å². The first-order valence-corrected chi connectivity index (χ1v) is 11.3. The summed E-state index contributed by atoms with van der Waals surface area (Å²) in [4.78, 5) is 16.7. The molecule has 1 heterocycles. The van der Waals surface area contributed by atoms with Gasteiger partial charge in [0.2, 0.25) is 12.2 Å². The van der Waals surface area contributed by atoms with Gasteiger partial charge in [0.15, 0.2) is 0 Å². The highest BCUT2D eigenvalue weighted by atomic mass is 32.2. The van der Waals surface area contributed by atoms with Gasteiger partial charge in [0, 0.05) is 5.25 Å². The smallest absolute Gasteiger partial charge is 0.222 e. The van der Waals surface area contributed by atoms with E-state index < -0.39 is 0 Å². The van der Waals surface area contributed by atoms with Crippen molar-refractivity contribution in [3.63, 3.8) is 0 Å². The quantitative estimate of drug-likeness (QED) is 0.394. The standard InChI is InChI=1S/C19H36S.2CHNO/c1-17-13-9-5-3-7-11-15-19(17,2)18-14-10-6-4-8-12-16-20-18;2*2-1-3/h17-18H,3-16H2,1-2H3;2*2H. The summed E-state index contributed by atoms with van der Waals surface area (Å²) < 4.78 is 0. The molecule has 3 atom stereocenters. The molecule has 0 radical (unpaired) electrons. The Hall–Kier alpha value is -0.890. The highest BCUT2D eigenvalue weighted by molar-refractivity contribution is 7.99. The molecule has 0 spiro atoms. The average molecular weight is 383 g/mol. The molecule has 1 saturated heterocycles. The molecule has 1 aliphatic heterocycles. The van der Waals surface area contributed by atoms with E-state index in [1.165, 1.54) is 89.2 Å². The number of thioether (sulfide) groups is 1. The first-order chi connectivity index (χ1) is 12.6. The summed E-state index contributed by atoms with van der Waals surface area (Å²) in [5.74, 6) is 2.35. The summed E-state index contributed by atoms with van der Waals surface area (Å²) in [5, 5.41) is 11.7. The van der Waals surface area contributed by atoms with Gasteiger partial charge in [0.05, 0.1) is 0 Å². The van der Waals surface area contributed by atoms with Crippen molar-refractivity contribution in [2.24, 2.45) is 11.3 Å². The minimum Gasteiger partial charge on any atom is -0.222 e. The summed E-state index contributed by atoms with van der Waals surface area (Å²) in [6.07, 6.45) is 20.8. The summed E-state index contributed by atoms with van der Waals surface area (Å²) in [6.45, 7) is 5.22. The van der Waals surface area contributed by atoms with Crippen LogP contribution in [0.3, 0.4) is 0 Å². The van der Waals surface area contributed by atoms with Crippen molar-refractivity contribution in [2.75, 3.05) is 5.75 Å². The van der Waals surface area contributed by atoms with Crippen LogP contribution in [-0.4, -0.2) is 23.2 Å². The molecule has 4 nitrogen and oxygen atoms in total. The van der Waals surface area contributed by atoms with Crippen LogP contribution in [-0.2, 0) is 9.59 Å². The number of hydrogen-bond donors (Lipinski definition) is 2. The Bertz CT molecular complexity index is 396. The Balaban J connectivity index is 0.000000918. The van der Waals surface area contributed by atoms with Gasteiger partial charge >= 0.3 is 0 Å². The highest BCUT2D eigenvalue weighted by Gasteiger charge is 2.38. The second kappa shape index (κ2) is 16.3. The largest absolute Gasteiger partial charge is 0.231 e. The van der Waals surface area contributed by atoms with E-state index in [4.69, 9.17) is 20.4 Å². The van der Waals surface area contributed by atoms with Gasteiger partial charge in [-0.25, -0.2) is 20.4 Å². The van der Waals surface area contributed by atoms with Crippen LogP contribution in [0.5, 0.6) is 0 Å². The molecule has 0 aromatic rings. The molecule has 2 fully saturated rings. The first kappa shape index (κ1) is 25.1. The lowest BCUT2D eigenvalue weighted by Crippen LogP contribution is -2.36. The zero-order chi connectivity index (χ0) is 19.7. The van der Waals surface area contributed by atoms with Gasteiger partial charge < -0.3 is 0 Å². The summed E-state index contributed by atoms with van der Waals surface area (Å²) >= 11 is 2.34. The van der Waals surface area contributed by atoms with Crippen molar-refractivity contribution < 1.29 is 9.59 Å². The Kier molecular flexibility index (Phi) is 15.7. The molecule has 26 heavy (non-hydrogen) atoms. The SMILES string of the molecule is CC1CCCCCCCC1(C)C1CCCCCCCS1.N=C=O.N=C=O. The lowest BCUT2D eigenvalue weighted by Gasteiger charge is -2.43. The maximum absolute atomic E-state index is 8.35. The topological polar surface area (TPSA) is 81.8 Å². The monoisotopic (exact) mass is 382 g/mol. The molecule has 2 aliphatic rings. The molecule has 1 saturated carbocycles.